The molecule has 182 valence electrons. The number of dihydropyridines is 1. The number of Topliss-reactive ketones (excluding diaryl/α,β-unsaturated/α-hetero) is 1. The minimum atomic E-state index is -0.445. The maximum absolute atomic E-state index is 13.7. The first-order chi connectivity index (χ1) is 17.5. The van der Waals surface area contributed by atoms with Gasteiger partial charge in [0, 0.05) is 29.3 Å². The molecule has 0 saturated heterocycles. The third-order valence-corrected chi connectivity index (χ3v) is 7.25. The average molecular weight is 478 g/mol. The molecular formula is C32H31NO3. The van der Waals surface area contributed by atoms with Crippen LogP contribution in [0.2, 0.25) is 0 Å². The Labute approximate surface area is 212 Å². The Morgan fingerprint density at radius 3 is 2.19 bits per heavy atom. The predicted octanol–water partition coefficient (Wildman–Crippen LogP) is 6.35. The van der Waals surface area contributed by atoms with Crippen molar-refractivity contribution in [3.8, 4) is 0 Å². The summed E-state index contributed by atoms with van der Waals surface area (Å²) >= 11 is 0. The molecule has 1 N–H and O–H groups in total. The number of hydrogen-bond donors (Lipinski definition) is 1. The Morgan fingerprint density at radius 2 is 1.53 bits per heavy atom. The predicted molar refractivity (Wildman–Crippen MR) is 141 cm³/mol. The highest BCUT2D eigenvalue weighted by molar-refractivity contribution is 6.04. The highest BCUT2D eigenvalue weighted by atomic mass is 16.5. The first-order valence-corrected chi connectivity index (χ1v) is 12.6. The van der Waals surface area contributed by atoms with Crippen LogP contribution in [0, 0.1) is 0 Å². The minimum absolute atomic E-state index is 0.0861. The fraction of sp³-hybridized carbons (Fsp3) is 0.250. The number of rotatable bonds is 6. The number of aryl methyl sites for hydroxylation is 1. The summed E-state index contributed by atoms with van der Waals surface area (Å²) in [6.45, 7) is 4.21. The quantitative estimate of drug-likeness (QED) is 0.420. The maximum Gasteiger partial charge on any atom is 0.337 e. The van der Waals surface area contributed by atoms with Crippen molar-refractivity contribution in [1.29, 1.82) is 0 Å². The molecule has 0 bridgehead atoms. The van der Waals surface area contributed by atoms with Crippen molar-refractivity contribution in [2.45, 2.75) is 51.6 Å². The Hall–Kier alpha value is -3.92. The number of esters is 1. The van der Waals surface area contributed by atoms with Gasteiger partial charge < -0.3 is 10.1 Å². The fourth-order valence-electron chi connectivity index (χ4n) is 5.35. The number of nitrogens with one attached hydrogen (secondary N) is 1. The van der Waals surface area contributed by atoms with Crippen LogP contribution < -0.4 is 5.32 Å². The molecule has 5 rings (SSSR count). The molecule has 4 heteroatoms. The molecule has 0 fully saturated rings. The van der Waals surface area contributed by atoms with Gasteiger partial charge >= 0.3 is 5.97 Å². The van der Waals surface area contributed by atoms with Crippen LogP contribution in [0.25, 0.3) is 0 Å². The smallest absolute Gasteiger partial charge is 0.337 e. The van der Waals surface area contributed by atoms with Gasteiger partial charge in [0.1, 0.15) is 6.61 Å². The number of benzene rings is 3. The van der Waals surface area contributed by atoms with E-state index in [9.17, 15) is 9.59 Å². The van der Waals surface area contributed by atoms with E-state index < -0.39 is 11.9 Å². The van der Waals surface area contributed by atoms with Crippen LogP contribution in [0.15, 0.2) is 107 Å². The first kappa shape index (κ1) is 23.8. The van der Waals surface area contributed by atoms with Crippen LogP contribution in [0.5, 0.6) is 0 Å². The van der Waals surface area contributed by atoms with E-state index in [-0.39, 0.29) is 18.3 Å². The van der Waals surface area contributed by atoms with Crippen LogP contribution in [-0.2, 0) is 27.4 Å². The highest BCUT2D eigenvalue weighted by Gasteiger charge is 2.41. The zero-order chi connectivity index (χ0) is 25.1. The van der Waals surface area contributed by atoms with Gasteiger partial charge in [0.05, 0.1) is 5.57 Å². The van der Waals surface area contributed by atoms with Crippen molar-refractivity contribution in [2.24, 2.45) is 0 Å². The van der Waals surface area contributed by atoms with E-state index in [0.717, 1.165) is 40.9 Å². The second-order valence-electron chi connectivity index (χ2n) is 9.58. The molecule has 0 spiro atoms. The van der Waals surface area contributed by atoms with Gasteiger partial charge in [0.15, 0.2) is 5.78 Å². The summed E-state index contributed by atoms with van der Waals surface area (Å²) in [7, 11) is 0. The van der Waals surface area contributed by atoms with Crippen molar-refractivity contribution >= 4 is 11.8 Å². The Morgan fingerprint density at radius 1 is 0.861 bits per heavy atom. The van der Waals surface area contributed by atoms with Crippen molar-refractivity contribution in [3.63, 3.8) is 0 Å². The number of ether oxygens (including phenoxy) is 1. The van der Waals surface area contributed by atoms with Gasteiger partial charge in [-0.25, -0.2) is 4.79 Å². The molecule has 36 heavy (non-hydrogen) atoms. The van der Waals surface area contributed by atoms with Gasteiger partial charge in [-0.15, -0.1) is 0 Å². The van der Waals surface area contributed by atoms with Gasteiger partial charge in [-0.2, -0.15) is 0 Å². The molecule has 0 aromatic heterocycles. The lowest BCUT2D eigenvalue weighted by Gasteiger charge is -2.36. The average Bonchev–Trinajstić information content (AvgIpc) is 2.92. The zero-order valence-corrected chi connectivity index (χ0v) is 20.8. The van der Waals surface area contributed by atoms with Gasteiger partial charge in [0.25, 0.3) is 0 Å². The highest BCUT2D eigenvalue weighted by Crippen LogP contribution is 2.45. The van der Waals surface area contributed by atoms with E-state index in [1.165, 1.54) is 5.56 Å². The number of hydrogen-bond acceptors (Lipinski definition) is 4. The van der Waals surface area contributed by atoms with Crippen LogP contribution >= 0.6 is 0 Å². The lowest BCUT2D eigenvalue weighted by molar-refractivity contribution is -0.140. The summed E-state index contributed by atoms with van der Waals surface area (Å²) in [5.41, 5.74) is 7.13. The summed E-state index contributed by atoms with van der Waals surface area (Å²) in [6, 6.07) is 28.1. The molecule has 2 atom stereocenters. The number of ketones is 1. The second-order valence-corrected chi connectivity index (χ2v) is 9.58. The molecule has 0 saturated carbocycles. The summed E-state index contributed by atoms with van der Waals surface area (Å²) in [5, 5.41) is 3.44. The topological polar surface area (TPSA) is 55.4 Å². The lowest BCUT2D eigenvalue weighted by atomic mass is 9.71. The molecule has 0 radical (unpaired) electrons. The number of allylic oxidation sites excluding steroid dienone is 3. The van der Waals surface area contributed by atoms with Gasteiger partial charge in [-0.05, 0) is 47.9 Å². The lowest BCUT2D eigenvalue weighted by Crippen LogP contribution is -2.36. The van der Waals surface area contributed by atoms with Gasteiger partial charge in [-0.1, -0.05) is 91.9 Å². The van der Waals surface area contributed by atoms with E-state index in [1.54, 1.807) is 0 Å². The van der Waals surface area contributed by atoms with Crippen LogP contribution in [0.3, 0.4) is 0 Å². The summed E-state index contributed by atoms with van der Waals surface area (Å²) in [5.74, 6) is -0.631. The van der Waals surface area contributed by atoms with Crippen LogP contribution in [0.4, 0.5) is 0 Å². The van der Waals surface area contributed by atoms with Gasteiger partial charge in [0.2, 0.25) is 0 Å². The van der Waals surface area contributed by atoms with E-state index in [1.807, 2.05) is 67.6 Å². The molecule has 3 aromatic carbocycles. The molecule has 1 aliphatic heterocycles. The van der Waals surface area contributed by atoms with Gasteiger partial charge in [-0.3, -0.25) is 4.79 Å². The molecule has 1 aliphatic carbocycles. The maximum atomic E-state index is 13.7. The third-order valence-electron chi connectivity index (χ3n) is 7.25. The van der Waals surface area contributed by atoms with E-state index in [0.29, 0.717) is 17.6 Å². The van der Waals surface area contributed by atoms with Crippen molar-refractivity contribution < 1.29 is 14.3 Å². The fourth-order valence-corrected chi connectivity index (χ4v) is 5.35. The van der Waals surface area contributed by atoms with Crippen LogP contribution in [0.1, 0.15) is 60.8 Å². The summed E-state index contributed by atoms with van der Waals surface area (Å²) < 4.78 is 5.77. The molecule has 3 aromatic rings. The Kier molecular flexibility index (Phi) is 6.86. The SMILES string of the molecule is CCc1ccc([C@H]2C(C(=O)OCc3ccccc3)=C(C)NC3=C2C(=O)C[C@@H](c2ccccc2)C3)cc1. The zero-order valence-electron chi connectivity index (χ0n) is 20.8. The third kappa shape index (κ3) is 4.76. The normalized spacial score (nSPS) is 19.6. The monoisotopic (exact) mass is 477 g/mol. The van der Waals surface area contributed by atoms with Crippen LogP contribution in [-0.4, -0.2) is 11.8 Å². The Bertz CT molecular complexity index is 1320. The van der Waals surface area contributed by atoms with Crippen molar-refractivity contribution in [2.75, 3.05) is 0 Å². The molecule has 1 heterocycles. The van der Waals surface area contributed by atoms with E-state index in [4.69, 9.17) is 4.74 Å². The molecule has 0 amide bonds. The van der Waals surface area contributed by atoms with E-state index >= 15 is 0 Å². The minimum Gasteiger partial charge on any atom is -0.457 e. The Balaban J connectivity index is 1.51. The van der Waals surface area contributed by atoms with E-state index in [2.05, 4.69) is 36.5 Å². The second kappa shape index (κ2) is 10.4. The van der Waals surface area contributed by atoms with Crippen molar-refractivity contribution in [3.05, 3.63) is 130 Å². The molecular weight excluding hydrogens is 446 g/mol. The molecule has 2 aliphatic rings. The number of carbonyl (C=O) groups is 2. The largest absolute Gasteiger partial charge is 0.457 e. The summed E-state index contributed by atoms with van der Waals surface area (Å²) in [4.78, 5) is 27.2. The summed E-state index contributed by atoms with van der Waals surface area (Å²) in [6.07, 6.45) is 2.09. The molecule has 4 nitrogen and oxygen atoms in total. The standard InChI is InChI=1S/C32H31NO3/c1-3-22-14-16-25(17-15-22)30-29(32(35)36-20-23-10-6-4-7-11-23)21(2)33-27-18-26(19-28(34)31(27)30)24-12-8-5-9-13-24/h4-17,26,30,33H,3,18-20H2,1-2H3/t26-,30-/m0/s1. The van der Waals surface area contributed by atoms with Crippen molar-refractivity contribution in [1.82, 2.24) is 5.32 Å². The first-order valence-electron chi connectivity index (χ1n) is 12.6. The molecule has 0 unspecified atom stereocenters. The number of carbonyl (C=O) groups excluding carboxylic acids is 2.